The van der Waals surface area contributed by atoms with Gasteiger partial charge in [-0.1, -0.05) is 55.5 Å². The fourth-order valence-electron chi connectivity index (χ4n) is 2.11. The minimum Gasteiger partial charge on any atom is -0.354 e. The Hall–Kier alpha value is -1.49. The highest BCUT2D eigenvalue weighted by Gasteiger charge is 2.15. The summed E-state index contributed by atoms with van der Waals surface area (Å²) in [5.74, 6) is -0.0932. The minimum absolute atomic E-state index is 0. The first kappa shape index (κ1) is 19.6. The van der Waals surface area contributed by atoms with E-state index >= 15 is 0 Å². The van der Waals surface area contributed by atoms with Crippen LogP contribution in [-0.2, 0) is 11.2 Å². The maximum Gasteiger partial charge on any atom is 0.237 e. The van der Waals surface area contributed by atoms with E-state index in [1.165, 1.54) is 4.90 Å². The fourth-order valence-corrected chi connectivity index (χ4v) is 3.05. The molecule has 3 N–H and O–H groups in total. The van der Waals surface area contributed by atoms with E-state index in [4.69, 9.17) is 5.73 Å². The van der Waals surface area contributed by atoms with Gasteiger partial charge in [0.15, 0.2) is 0 Å². The average Bonchev–Trinajstić information content (AvgIpc) is 2.54. The minimum atomic E-state index is -0.503. The summed E-state index contributed by atoms with van der Waals surface area (Å²) in [6, 6.07) is 19.5. The summed E-state index contributed by atoms with van der Waals surface area (Å²) in [6.45, 7) is 2.71. The largest absolute Gasteiger partial charge is 0.354 e. The van der Waals surface area contributed by atoms with E-state index in [0.717, 1.165) is 5.56 Å². The second-order valence-electron chi connectivity index (χ2n) is 5.28. The Morgan fingerprint density at radius 2 is 1.65 bits per heavy atom. The van der Waals surface area contributed by atoms with Crippen molar-refractivity contribution in [2.24, 2.45) is 5.73 Å². The van der Waals surface area contributed by atoms with Crippen molar-refractivity contribution in [3.8, 4) is 0 Å². The van der Waals surface area contributed by atoms with Crippen molar-refractivity contribution in [2.75, 3.05) is 6.54 Å². The summed E-state index contributed by atoms with van der Waals surface area (Å²) in [7, 11) is 0. The van der Waals surface area contributed by atoms with Crippen molar-refractivity contribution in [3.63, 3.8) is 0 Å². The van der Waals surface area contributed by atoms with Gasteiger partial charge in [0.05, 0.1) is 6.04 Å². The third-order valence-corrected chi connectivity index (χ3v) is 4.39. The molecule has 0 saturated carbocycles. The highest BCUT2D eigenvalue weighted by Crippen LogP contribution is 2.21. The molecule has 1 amide bonds. The van der Waals surface area contributed by atoms with Crippen molar-refractivity contribution in [1.82, 2.24) is 5.32 Å². The van der Waals surface area contributed by atoms with Crippen LogP contribution < -0.4 is 11.1 Å². The van der Waals surface area contributed by atoms with Crippen molar-refractivity contribution in [3.05, 3.63) is 66.2 Å². The fraction of sp³-hybridized carbons (Fsp3) is 0.278. The first-order chi connectivity index (χ1) is 10.6. The number of rotatable bonds is 7. The maximum absolute atomic E-state index is 12.1. The van der Waals surface area contributed by atoms with Gasteiger partial charge in [-0.25, -0.2) is 0 Å². The van der Waals surface area contributed by atoms with E-state index < -0.39 is 6.04 Å². The molecule has 2 aromatic rings. The van der Waals surface area contributed by atoms with E-state index in [2.05, 4.69) is 24.4 Å². The van der Waals surface area contributed by atoms with Crippen LogP contribution in [0.25, 0.3) is 0 Å². The Balaban J connectivity index is 0.00000264. The Morgan fingerprint density at radius 3 is 2.26 bits per heavy atom. The molecule has 5 heteroatoms. The molecule has 1 unspecified atom stereocenters. The zero-order valence-corrected chi connectivity index (χ0v) is 14.8. The van der Waals surface area contributed by atoms with Crippen molar-refractivity contribution < 1.29 is 4.79 Å². The topological polar surface area (TPSA) is 55.1 Å². The second kappa shape index (κ2) is 10.3. The molecular formula is C18H23ClN2OS. The van der Waals surface area contributed by atoms with E-state index in [9.17, 15) is 4.79 Å². The van der Waals surface area contributed by atoms with Crippen LogP contribution in [0, 0.1) is 0 Å². The van der Waals surface area contributed by atoms with Crippen LogP contribution in [0.3, 0.4) is 0 Å². The number of nitrogens with one attached hydrogen (secondary N) is 1. The smallest absolute Gasteiger partial charge is 0.237 e. The summed E-state index contributed by atoms with van der Waals surface area (Å²) in [4.78, 5) is 13.3. The van der Waals surface area contributed by atoms with Gasteiger partial charge in [-0.2, -0.15) is 0 Å². The van der Waals surface area contributed by atoms with Gasteiger partial charge in [-0.3, -0.25) is 4.79 Å². The zero-order chi connectivity index (χ0) is 15.8. The molecule has 0 aliphatic rings. The van der Waals surface area contributed by atoms with Crippen LogP contribution in [0.1, 0.15) is 12.5 Å². The van der Waals surface area contributed by atoms with E-state index in [-0.39, 0.29) is 18.3 Å². The average molecular weight is 351 g/mol. The van der Waals surface area contributed by atoms with Crippen molar-refractivity contribution in [2.45, 2.75) is 29.5 Å². The first-order valence-electron chi connectivity index (χ1n) is 7.44. The van der Waals surface area contributed by atoms with Gasteiger partial charge in [-0.05, 0) is 24.1 Å². The van der Waals surface area contributed by atoms with E-state index in [1.54, 1.807) is 11.8 Å². The van der Waals surface area contributed by atoms with Gasteiger partial charge in [0.1, 0.15) is 0 Å². The predicted octanol–water partition coefficient (Wildman–Crippen LogP) is 3.28. The summed E-state index contributed by atoms with van der Waals surface area (Å²) in [5.41, 5.74) is 7.05. The van der Waals surface area contributed by atoms with Gasteiger partial charge in [0, 0.05) is 16.7 Å². The van der Waals surface area contributed by atoms with Crippen LogP contribution in [0.5, 0.6) is 0 Å². The van der Waals surface area contributed by atoms with Crippen LogP contribution in [0.4, 0.5) is 0 Å². The number of benzene rings is 2. The van der Waals surface area contributed by atoms with Gasteiger partial charge >= 0.3 is 0 Å². The molecule has 0 heterocycles. The molecule has 124 valence electrons. The van der Waals surface area contributed by atoms with Gasteiger partial charge in [0.25, 0.3) is 0 Å². The molecular weight excluding hydrogens is 328 g/mol. The SMILES string of the molecule is CC(CNC(=O)[C@@H](N)Cc1ccccc1)Sc1ccccc1.Cl. The molecule has 0 aliphatic heterocycles. The Kier molecular flexibility index (Phi) is 8.77. The molecule has 2 atom stereocenters. The van der Waals surface area contributed by atoms with E-state index in [1.807, 2.05) is 48.5 Å². The monoisotopic (exact) mass is 350 g/mol. The lowest BCUT2D eigenvalue weighted by atomic mass is 10.1. The summed E-state index contributed by atoms with van der Waals surface area (Å²) in [6.07, 6.45) is 0.562. The number of hydrogen-bond donors (Lipinski definition) is 2. The Labute approximate surface area is 148 Å². The van der Waals surface area contributed by atoms with Crippen LogP contribution in [0.15, 0.2) is 65.6 Å². The third-order valence-electron chi connectivity index (χ3n) is 3.28. The Morgan fingerprint density at radius 1 is 1.09 bits per heavy atom. The van der Waals surface area contributed by atoms with Crippen molar-refractivity contribution in [1.29, 1.82) is 0 Å². The van der Waals surface area contributed by atoms with Gasteiger partial charge in [-0.15, -0.1) is 24.2 Å². The summed E-state index contributed by atoms with van der Waals surface area (Å²) in [5, 5.41) is 3.24. The number of thioether (sulfide) groups is 1. The first-order valence-corrected chi connectivity index (χ1v) is 8.32. The predicted molar refractivity (Wildman–Crippen MR) is 100 cm³/mol. The molecule has 0 spiro atoms. The number of hydrogen-bond acceptors (Lipinski definition) is 3. The highest BCUT2D eigenvalue weighted by atomic mass is 35.5. The molecule has 2 rings (SSSR count). The zero-order valence-electron chi connectivity index (χ0n) is 13.1. The van der Waals surface area contributed by atoms with Crippen molar-refractivity contribution >= 4 is 30.1 Å². The van der Waals surface area contributed by atoms with Crippen LogP contribution in [0.2, 0.25) is 0 Å². The highest BCUT2D eigenvalue weighted by molar-refractivity contribution is 8.00. The van der Waals surface area contributed by atoms with Crippen LogP contribution in [-0.4, -0.2) is 23.7 Å². The van der Waals surface area contributed by atoms with Gasteiger partial charge < -0.3 is 11.1 Å². The summed E-state index contributed by atoms with van der Waals surface area (Å²) < 4.78 is 0. The molecule has 3 nitrogen and oxygen atoms in total. The molecule has 0 fully saturated rings. The lowest BCUT2D eigenvalue weighted by Gasteiger charge is -2.16. The molecule has 0 aliphatic carbocycles. The molecule has 0 radical (unpaired) electrons. The molecule has 0 saturated heterocycles. The molecule has 0 aromatic heterocycles. The Bertz CT molecular complexity index is 580. The standard InChI is InChI=1S/C18H22N2OS.ClH/c1-14(22-16-10-6-3-7-11-16)13-20-18(21)17(19)12-15-8-4-2-5-9-15;/h2-11,14,17H,12-13,19H2,1H3,(H,20,21);1H/t14?,17-;/m0./s1. The number of nitrogens with two attached hydrogens (primary N) is 1. The third kappa shape index (κ3) is 7.08. The number of carbonyl (C=O) groups is 1. The maximum atomic E-state index is 12.1. The number of carbonyl (C=O) groups excluding carboxylic acids is 1. The second-order valence-corrected chi connectivity index (χ2v) is 6.79. The molecule has 23 heavy (non-hydrogen) atoms. The van der Waals surface area contributed by atoms with E-state index in [0.29, 0.717) is 18.2 Å². The molecule has 0 bridgehead atoms. The quantitative estimate of drug-likeness (QED) is 0.753. The summed E-state index contributed by atoms with van der Waals surface area (Å²) >= 11 is 1.75. The number of halogens is 1. The molecule has 2 aromatic carbocycles. The normalized spacial score (nSPS) is 12.8. The lowest BCUT2D eigenvalue weighted by molar-refractivity contribution is -0.122. The number of amides is 1. The lowest BCUT2D eigenvalue weighted by Crippen LogP contribution is -2.43. The van der Waals surface area contributed by atoms with Crippen LogP contribution >= 0.6 is 24.2 Å². The van der Waals surface area contributed by atoms with Gasteiger partial charge in [0.2, 0.25) is 5.91 Å².